The first-order chi connectivity index (χ1) is 11.8. The van der Waals surface area contributed by atoms with Crippen LogP contribution in [0.2, 0.25) is 0 Å². The molecule has 1 aromatic carbocycles. The molecular weight excluding hydrogens is 314 g/mol. The minimum absolute atomic E-state index is 0.00964. The van der Waals surface area contributed by atoms with Gasteiger partial charge in [0.15, 0.2) is 11.5 Å². The van der Waals surface area contributed by atoms with Gasteiger partial charge in [0.1, 0.15) is 0 Å². The van der Waals surface area contributed by atoms with E-state index in [1.54, 1.807) is 7.11 Å². The zero-order valence-corrected chi connectivity index (χ0v) is 16.7. The molecule has 0 aromatic heterocycles. The number of hydrogen-bond acceptors (Lipinski definition) is 4. The summed E-state index contributed by atoms with van der Waals surface area (Å²) in [5, 5.41) is 9.44. The molecule has 0 aliphatic heterocycles. The molecule has 1 aromatic rings. The molecule has 2 atom stereocenters. The minimum atomic E-state index is -0.507. The van der Waals surface area contributed by atoms with Gasteiger partial charge in [-0.05, 0) is 62.6 Å². The lowest BCUT2D eigenvalue weighted by atomic mass is 9.90. The van der Waals surface area contributed by atoms with E-state index in [1.165, 1.54) is 12.8 Å². The zero-order valence-electron chi connectivity index (χ0n) is 16.7. The molecule has 1 unspecified atom stereocenters. The largest absolute Gasteiger partial charge is 0.493 e. The van der Waals surface area contributed by atoms with Gasteiger partial charge in [0.25, 0.3) is 0 Å². The summed E-state index contributed by atoms with van der Waals surface area (Å²) < 4.78 is 11.6. The molecule has 0 saturated carbocycles. The molecule has 0 radical (unpaired) electrons. The summed E-state index contributed by atoms with van der Waals surface area (Å²) in [7, 11) is 1.67. The summed E-state index contributed by atoms with van der Waals surface area (Å²) in [5.41, 5.74) is 6.81. The van der Waals surface area contributed by atoms with Crippen LogP contribution in [0.15, 0.2) is 18.2 Å². The Labute approximate surface area is 153 Å². The average molecular weight is 352 g/mol. The lowest BCUT2D eigenvalue weighted by molar-refractivity contribution is 0.182. The SMILES string of the molecule is CC[C@@](N)(CO)CCc1ccc(OC(C)CCCC(C)C)c(OC)c1. The Hall–Kier alpha value is -1.26. The van der Waals surface area contributed by atoms with E-state index >= 15 is 0 Å². The fourth-order valence-corrected chi connectivity index (χ4v) is 2.82. The molecule has 0 amide bonds. The van der Waals surface area contributed by atoms with Crippen molar-refractivity contribution in [3.05, 3.63) is 23.8 Å². The maximum Gasteiger partial charge on any atom is 0.161 e. The number of hydrogen-bond donors (Lipinski definition) is 2. The van der Waals surface area contributed by atoms with Crippen molar-refractivity contribution in [1.82, 2.24) is 0 Å². The topological polar surface area (TPSA) is 64.7 Å². The minimum Gasteiger partial charge on any atom is -0.493 e. The van der Waals surface area contributed by atoms with Crippen LogP contribution in [0.3, 0.4) is 0 Å². The fourth-order valence-electron chi connectivity index (χ4n) is 2.82. The van der Waals surface area contributed by atoms with Crippen molar-refractivity contribution in [3.63, 3.8) is 0 Å². The quantitative estimate of drug-likeness (QED) is 0.588. The molecular formula is C21H37NO3. The molecule has 4 heteroatoms. The van der Waals surface area contributed by atoms with Crippen LogP contribution in [-0.4, -0.2) is 30.5 Å². The van der Waals surface area contributed by atoms with E-state index in [-0.39, 0.29) is 12.7 Å². The van der Waals surface area contributed by atoms with E-state index in [9.17, 15) is 5.11 Å². The Morgan fingerprint density at radius 1 is 1.16 bits per heavy atom. The number of aliphatic hydroxyl groups is 1. The normalized spacial score (nSPS) is 15.0. The maximum atomic E-state index is 9.44. The highest BCUT2D eigenvalue weighted by Gasteiger charge is 2.21. The molecule has 3 N–H and O–H groups in total. The molecule has 1 rings (SSSR count). The summed E-state index contributed by atoms with van der Waals surface area (Å²) in [4.78, 5) is 0. The van der Waals surface area contributed by atoms with Crippen LogP contribution < -0.4 is 15.2 Å². The second-order valence-electron chi connectivity index (χ2n) is 7.61. The van der Waals surface area contributed by atoms with Crippen molar-refractivity contribution in [1.29, 1.82) is 0 Å². The van der Waals surface area contributed by atoms with Crippen molar-refractivity contribution < 1.29 is 14.6 Å². The average Bonchev–Trinajstić information content (AvgIpc) is 2.60. The third-order valence-electron chi connectivity index (χ3n) is 4.88. The number of nitrogens with two attached hydrogens (primary N) is 1. The van der Waals surface area contributed by atoms with Gasteiger partial charge in [0.05, 0.1) is 19.8 Å². The monoisotopic (exact) mass is 351 g/mol. The van der Waals surface area contributed by atoms with Gasteiger partial charge in [-0.2, -0.15) is 0 Å². The molecule has 0 fully saturated rings. The Kier molecular flexibility index (Phi) is 9.30. The predicted molar refractivity (Wildman–Crippen MR) is 104 cm³/mol. The molecule has 0 aliphatic carbocycles. The van der Waals surface area contributed by atoms with Gasteiger partial charge in [-0.1, -0.05) is 33.3 Å². The predicted octanol–water partition coefficient (Wildman–Crippen LogP) is 4.32. The summed E-state index contributed by atoms with van der Waals surface area (Å²) in [6.07, 6.45) is 5.94. The highest BCUT2D eigenvalue weighted by molar-refractivity contribution is 5.43. The first kappa shape index (κ1) is 21.8. The summed E-state index contributed by atoms with van der Waals surface area (Å²) >= 11 is 0. The Balaban J connectivity index is 2.65. The van der Waals surface area contributed by atoms with Gasteiger partial charge >= 0.3 is 0 Å². The van der Waals surface area contributed by atoms with Crippen LogP contribution in [0, 0.1) is 5.92 Å². The molecule has 0 bridgehead atoms. The Morgan fingerprint density at radius 2 is 1.88 bits per heavy atom. The highest BCUT2D eigenvalue weighted by Crippen LogP contribution is 2.30. The number of aryl methyl sites for hydroxylation is 1. The van der Waals surface area contributed by atoms with Gasteiger partial charge in [0, 0.05) is 5.54 Å². The number of benzene rings is 1. The summed E-state index contributed by atoms with van der Waals surface area (Å²) in [6, 6.07) is 6.06. The van der Waals surface area contributed by atoms with Gasteiger partial charge in [-0.15, -0.1) is 0 Å². The van der Waals surface area contributed by atoms with E-state index in [0.717, 1.165) is 48.7 Å². The number of methoxy groups -OCH3 is 1. The second-order valence-corrected chi connectivity index (χ2v) is 7.61. The first-order valence-electron chi connectivity index (χ1n) is 9.57. The molecule has 4 nitrogen and oxygen atoms in total. The summed E-state index contributed by atoms with van der Waals surface area (Å²) in [6.45, 7) is 8.63. The molecule has 0 heterocycles. The van der Waals surface area contributed by atoms with Crippen LogP contribution >= 0.6 is 0 Å². The Bertz CT molecular complexity index is 498. The van der Waals surface area contributed by atoms with E-state index < -0.39 is 5.54 Å². The highest BCUT2D eigenvalue weighted by atomic mass is 16.5. The number of rotatable bonds is 12. The van der Waals surface area contributed by atoms with Crippen molar-refractivity contribution in [2.75, 3.05) is 13.7 Å². The van der Waals surface area contributed by atoms with Crippen molar-refractivity contribution >= 4 is 0 Å². The molecule has 0 aliphatic rings. The van der Waals surface area contributed by atoms with Crippen LogP contribution in [0.1, 0.15) is 65.4 Å². The van der Waals surface area contributed by atoms with E-state index in [1.807, 2.05) is 19.1 Å². The fraction of sp³-hybridized carbons (Fsp3) is 0.714. The van der Waals surface area contributed by atoms with Crippen LogP contribution in [-0.2, 0) is 6.42 Å². The van der Waals surface area contributed by atoms with Gasteiger partial charge in [0.2, 0.25) is 0 Å². The molecule has 25 heavy (non-hydrogen) atoms. The second kappa shape index (κ2) is 10.7. The lowest BCUT2D eigenvalue weighted by Gasteiger charge is -2.25. The smallest absolute Gasteiger partial charge is 0.161 e. The van der Waals surface area contributed by atoms with Gasteiger partial charge in [-0.3, -0.25) is 0 Å². The first-order valence-corrected chi connectivity index (χ1v) is 9.57. The third-order valence-corrected chi connectivity index (χ3v) is 4.88. The Morgan fingerprint density at radius 3 is 2.44 bits per heavy atom. The van der Waals surface area contributed by atoms with Crippen LogP contribution in [0.4, 0.5) is 0 Å². The molecule has 0 spiro atoms. The van der Waals surface area contributed by atoms with E-state index in [2.05, 4.69) is 26.8 Å². The van der Waals surface area contributed by atoms with Crippen LogP contribution in [0.5, 0.6) is 11.5 Å². The van der Waals surface area contributed by atoms with Gasteiger partial charge < -0.3 is 20.3 Å². The van der Waals surface area contributed by atoms with E-state index in [0.29, 0.717) is 0 Å². The van der Waals surface area contributed by atoms with Crippen molar-refractivity contribution in [2.45, 2.75) is 77.9 Å². The number of aliphatic hydroxyl groups excluding tert-OH is 1. The molecule has 144 valence electrons. The lowest BCUT2D eigenvalue weighted by Crippen LogP contribution is -2.43. The van der Waals surface area contributed by atoms with Crippen molar-refractivity contribution in [3.8, 4) is 11.5 Å². The molecule has 0 saturated heterocycles. The van der Waals surface area contributed by atoms with Crippen LogP contribution in [0.25, 0.3) is 0 Å². The standard InChI is InChI=1S/C21H37NO3/c1-6-21(22,15-23)13-12-18-10-11-19(20(14-18)24-5)25-17(4)9-7-8-16(2)3/h10-11,14,16-17,23H,6-9,12-13,15,22H2,1-5H3/t17?,21-/m0/s1. The third kappa shape index (κ3) is 7.66. The van der Waals surface area contributed by atoms with E-state index in [4.69, 9.17) is 15.2 Å². The number of ether oxygens (including phenoxy) is 2. The summed E-state index contributed by atoms with van der Waals surface area (Å²) in [5.74, 6) is 2.29. The van der Waals surface area contributed by atoms with Gasteiger partial charge in [-0.25, -0.2) is 0 Å². The maximum absolute atomic E-state index is 9.44. The van der Waals surface area contributed by atoms with Crippen molar-refractivity contribution in [2.24, 2.45) is 11.7 Å². The zero-order chi connectivity index (χ0) is 18.9.